The van der Waals surface area contributed by atoms with Gasteiger partial charge >= 0.3 is 10.6 Å². The van der Waals surface area contributed by atoms with E-state index >= 15 is 0 Å². The Morgan fingerprint density at radius 1 is 0.519 bits per heavy atom. The van der Waals surface area contributed by atoms with Crippen molar-refractivity contribution >= 4 is 40.1 Å². The lowest BCUT2D eigenvalue weighted by molar-refractivity contribution is 0.218. The summed E-state index contributed by atoms with van der Waals surface area (Å²) in [5.41, 5.74) is 0. The zero-order chi connectivity index (χ0) is 20.6. The van der Waals surface area contributed by atoms with Crippen molar-refractivity contribution in [3.05, 3.63) is 48.5 Å². The van der Waals surface area contributed by atoms with Crippen molar-refractivity contribution < 1.29 is 45.1 Å². The summed E-state index contributed by atoms with van der Waals surface area (Å²) in [5, 5.41) is 13.1. The Labute approximate surface area is 153 Å². The second-order valence-corrected chi connectivity index (χ2v) is 10.6. The summed E-state index contributed by atoms with van der Waals surface area (Å²) in [6.07, 6.45) is 0. The first kappa shape index (κ1) is 20.5. The molecule has 27 heavy (non-hydrogen) atoms. The first-order valence-corrected chi connectivity index (χ1v) is 11.2. The Kier molecular flexibility index (Phi) is 5.14. The maximum Gasteiger partial charge on any atom is 0.427 e. The lowest BCUT2D eigenvalue weighted by Gasteiger charge is -2.07. The van der Waals surface area contributed by atoms with Gasteiger partial charge in [0.25, 0.3) is 19.7 Å². The first-order valence-electron chi connectivity index (χ1n) is 6.72. The minimum absolute atomic E-state index is 0.374. The molecule has 2 aromatic carbocycles. The van der Waals surface area contributed by atoms with Crippen LogP contribution in [-0.2, 0) is 29.5 Å². The number of rotatable bonds is 4. The fourth-order valence-corrected chi connectivity index (χ4v) is 4.59. The highest BCUT2D eigenvalue weighted by atomic mass is 32.2. The van der Waals surface area contributed by atoms with Crippen LogP contribution in [0.5, 0.6) is 0 Å². The molecule has 0 saturated heterocycles. The van der Waals surface area contributed by atoms with Gasteiger partial charge in [0.2, 0.25) is 9.84 Å². The molecular weight excluding hydrogens is 424 g/mol. The van der Waals surface area contributed by atoms with Gasteiger partial charge in [-0.2, -0.15) is 0 Å². The summed E-state index contributed by atoms with van der Waals surface area (Å²) < 4.78 is 71.0. The zero-order valence-electron chi connectivity index (χ0n) is 13.0. The number of sulfone groups is 3. The Morgan fingerprint density at radius 3 is 0.963 bits per heavy atom. The van der Waals surface area contributed by atoms with Gasteiger partial charge < -0.3 is 10.2 Å². The van der Waals surface area contributed by atoms with Gasteiger partial charge in [0.1, 0.15) is 0 Å². The number of hydrogen-bond donors (Lipinski definition) is 2. The van der Waals surface area contributed by atoms with Crippen molar-refractivity contribution in [1.29, 1.82) is 0 Å². The van der Waals surface area contributed by atoms with Crippen LogP contribution in [0.1, 0.15) is 0 Å². The minimum Gasteiger partial charge on any atom is -0.469 e. The number of benzene rings is 2. The molecule has 0 saturated carbocycles. The maximum absolute atomic E-state index is 12.5. The van der Waals surface area contributed by atoms with Crippen molar-refractivity contribution in [2.24, 2.45) is 0 Å². The van der Waals surface area contributed by atoms with Gasteiger partial charge in [0, 0.05) is 0 Å². The molecule has 0 aliphatic carbocycles. The Bertz CT molecular complexity index is 1130. The van der Waals surface area contributed by atoms with Gasteiger partial charge in [-0.25, -0.2) is 34.8 Å². The smallest absolute Gasteiger partial charge is 0.427 e. The molecule has 0 amide bonds. The van der Waals surface area contributed by atoms with Crippen LogP contribution >= 0.6 is 0 Å². The molecule has 0 fully saturated rings. The quantitative estimate of drug-likeness (QED) is 0.715. The van der Waals surface area contributed by atoms with E-state index in [1.54, 1.807) is 0 Å². The van der Waals surface area contributed by atoms with E-state index in [4.69, 9.17) is 10.2 Å². The SMILES string of the molecule is O=C(O)S(=O)(=O)c1ccc(S(=O)(=O)c2ccc(S(=O)(=O)C(=O)O)cc2)cc1. The molecule has 0 bridgehead atoms. The number of carboxylic acid groups (broad SMARTS) is 2. The predicted octanol–water partition coefficient (Wildman–Crippen LogP) is 1.42. The normalized spacial score (nSPS) is 12.4. The molecule has 0 unspecified atom stereocenters. The van der Waals surface area contributed by atoms with Crippen LogP contribution in [0.3, 0.4) is 0 Å². The summed E-state index contributed by atoms with van der Waals surface area (Å²) in [6, 6.07) is 6.75. The zero-order valence-corrected chi connectivity index (χ0v) is 15.5. The van der Waals surface area contributed by atoms with Crippen molar-refractivity contribution in [2.75, 3.05) is 0 Å². The Hall–Kier alpha value is -2.77. The average molecular weight is 434 g/mol. The van der Waals surface area contributed by atoms with Crippen molar-refractivity contribution in [3.63, 3.8) is 0 Å². The molecular formula is C14H10O10S3. The third kappa shape index (κ3) is 3.70. The van der Waals surface area contributed by atoms with Gasteiger partial charge in [0.05, 0.1) is 19.6 Å². The van der Waals surface area contributed by atoms with Gasteiger partial charge in [0.15, 0.2) is 0 Å². The van der Waals surface area contributed by atoms with Crippen LogP contribution in [-0.4, -0.2) is 46.1 Å². The molecule has 0 aliphatic heterocycles. The number of hydrogen-bond acceptors (Lipinski definition) is 8. The summed E-state index contributed by atoms with van der Waals surface area (Å²) in [4.78, 5) is 19.4. The second-order valence-electron chi connectivity index (χ2n) is 4.98. The van der Waals surface area contributed by atoms with Gasteiger partial charge in [-0.05, 0) is 48.5 Å². The monoisotopic (exact) mass is 434 g/mol. The van der Waals surface area contributed by atoms with E-state index in [-0.39, 0.29) is 9.79 Å². The van der Waals surface area contributed by atoms with Crippen LogP contribution < -0.4 is 0 Å². The van der Waals surface area contributed by atoms with Crippen LogP contribution in [0.25, 0.3) is 0 Å². The second kappa shape index (κ2) is 6.75. The van der Waals surface area contributed by atoms with Gasteiger partial charge in [-0.3, -0.25) is 0 Å². The Morgan fingerprint density at radius 2 is 0.741 bits per heavy atom. The van der Waals surface area contributed by atoms with Crippen LogP contribution in [0, 0.1) is 0 Å². The summed E-state index contributed by atoms with van der Waals surface area (Å²) >= 11 is 0. The molecule has 2 N–H and O–H groups in total. The highest BCUT2D eigenvalue weighted by Gasteiger charge is 2.27. The molecule has 0 aromatic heterocycles. The first-order chi connectivity index (χ1) is 12.3. The molecule has 144 valence electrons. The molecule has 10 nitrogen and oxygen atoms in total. The van der Waals surface area contributed by atoms with Gasteiger partial charge in [-0.15, -0.1) is 0 Å². The number of carbonyl (C=O) groups is 2. The molecule has 0 spiro atoms. The third-order valence-electron chi connectivity index (χ3n) is 3.35. The van der Waals surface area contributed by atoms with Crippen molar-refractivity contribution in [1.82, 2.24) is 0 Å². The van der Waals surface area contributed by atoms with Crippen molar-refractivity contribution in [2.45, 2.75) is 19.6 Å². The topological polar surface area (TPSA) is 177 Å². The van der Waals surface area contributed by atoms with Crippen LogP contribution in [0.15, 0.2) is 68.1 Å². The third-order valence-corrected chi connectivity index (χ3v) is 7.84. The fraction of sp³-hybridized carbons (Fsp3) is 0. The van der Waals surface area contributed by atoms with Crippen molar-refractivity contribution in [3.8, 4) is 0 Å². The minimum atomic E-state index is -4.63. The lowest BCUT2D eigenvalue weighted by Crippen LogP contribution is -2.13. The van der Waals surface area contributed by atoms with E-state index in [0.29, 0.717) is 0 Å². The molecule has 0 radical (unpaired) electrons. The Balaban J connectivity index is 2.45. The molecule has 0 heterocycles. The average Bonchev–Trinajstić information content (AvgIpc) is 2.61. The largest absolute Gasteiger partial charge is 0.469 e. The molecule has 2 rings (SSSR count). The summed E-state index contributed by atoms with van der Waals surface area (Å²) in [5.74, 6) is 0. The highest BCUT2D eigenvalue weighted by molar-refractivity contribution is 8.06. The fourth-order valence-electron chi connectivity index (χ4n) is 1.93. The molecule has 13 heteroatoms. The van der Waals surface area contributed by atoms with E-state index in [0.717, 1.165) is 48.5 Å². The van der Waals surface area contributed by atoms with Crippen LogP contribution in [0.2, 0.25) is 0 Å². The molecule has 2 aromatic rings. The molecule has 0 atom stereocenters. The predicted molar refractivity (Wildman–Crippen MR) is 88.8 cm³/mol. The highest BCUT2D eigenvalue weighted by Crippen LogP contribution is 2.24. The van der Waals surface area contributed by atoms with E-state index < -0.39 is 49.9 Å². The van der Waals surface area contributed by atoms with E-state index in [2.05, 4.69) is 0 Å². The van der Waals surface area contributed by atoms with E-state index in [1.807, 2.05) is 0 Å². The lowest BCUT2D eigenvalue weighted by atomic mass is 10.4. The van der Waals surface area contributed by atoms with E-state index in [1.165, 1.54) is 0 Å². The van der Waals surface area contributed by atoms with Crippen LogP contribution in [0.4, 0.5) is 9.59 Å². The summed E-state index contributed by atoms with van der Waals surface area (Å²) in [6.45, 7) is 0. The standard InChI is InChI=1S/C14H10O10S3/c15-13(16)26(21,22)11-5-1-9(2-6-11)25(19,20)10-3-7-12(8-4-10)27(23,24)14(17)18/h1-8H,(H,15,16)(H,17,18). The summed E-state index contributed by atoms with van der Waals surface area (Å²) in [7, 11) is -13.5. The van der Waals surface area contributed by atoms with E-state index in [9.17, 15) is 34.8 Å². The van der Waals surface area contributed by atoms with Gasteiger partial charge in [-0.1, -0.05) is 0 Å². The maximum atomic E-state index is 12.5. The molecule has 0 aliphatic rings.